The number of fused-ring (bicyclic) bond motifs is 7. The van der Waals surface area contributed by atoms with E-state index in [9.17, 15) is 0 Å². The van der Waals surface area contributed by atoms with Gasteiger partial charge in [-0.2, -0.15) is 4.98 Å². The molecule has 0 aliphatic heterocycles. The highest BCUT2D eigenvalue weighted by Crippen LogP contribution is 2.47. The molecule has 4 heterocycles. The molecule has 0 aliphatic rings. The minimum absolute atomic E-state index is 0.513. The van der Waals surface area contributed by atoms with Gasteiger partial charge in [0.05, 0.1) is 11.0 Å². The molecule has 5 heteroatoms. The summed E-state index contributed by atoms with van der Waals surface area (Å²) in [5.41, 5.74) is 7.67. The molecular weight excluding hydrogens is 603 g/mol. The molecule has 5 nitrogen and oxygen atoms in total. The first-order valence-electron chi connectivity index (χ1n) is 16.5. The zero-order chi connectivity index (χ0) is 31.8. The average Bonchev–Trinajstić information content (AvgIpc) is 3.82. The summed E-state index contributed by atoms with van der Waals surface area (Å²) in [5.74, 6) is 0.721. The Kier molecular flexibility index (Phi) is 4.66. The van der Waals surface area contributed by atoms with E-state index in [1.165, 1.54) is 32.3 Å². The fourth-order valence-corrected chi connectivity index (χ4v) is 8.29. The van der Waals surface area contributed by atoms with Crippen molar-refractivity contribution < 1.29 is 8.83 Å². The van der Waals surface area contributed by atoms with Gasteiger partial charge in [0.25, 0.3) is 0 Å². The van der Waals surface area contributed by atoms with E-state index in [2.05, 4.69) is 126 Å². The third-order valence-corrected chi connectivity index (χ3v) is 10.4. The zero-order valence-electron chi connectivity index (χ0n) is 25.9. The first-order chi connectivity index (χ1) is 24.3. The molecule has 0 saturated carbocycles. The van der Waals surface area contributed by atoms with Crippen LogP contribution >= 0.6 is 0 Å². The van der Waals surface area contributed by atoms with Crippen molar-refractivity contribution in [3.05, 3.63) is 140 Å². The lowest BCUT2D eigenvalue weighted by Crippen LogP contribution is -2.03. The van der Waals surface area contributed by atoms with Gasteiger partial charge < -0.3 is 8.83 Å². The van der Waals surface area contributed by atoms with Crippen molar-refractivity contribution in [1.29, 1.82) is 0 Å². The van der Waals surface area contributed by atoms with Gasteiger partial charge in [-0.05, 0) is 74.8 Å². The Labute approximate surface area is 277 Å². The van der Waals surface area contributed by atoms with E-state index in [-0.39, 0.29) is 0 Å². The van der Waals surface area contributed by atoms with E-state index in [0.717, 1.165) is 77.3 Å². The lowest BCUT2D eigenvalue weighted by molar-refractivity contribution is 0.652. The van der Waals surface area contributed by atoms with Crippen LogP contribution in [0.4, 0.5) is 0 Å². The van der Waals surface area contributed by atoms with Gasteiger partial charge in [-0.25, -0.2) is 4.98 Å². The van der Waals surface area contributed by atoms with Crippen LogP contribution in [-0.4, -0.2) is 14.5 Å². The van der Waals surface area contributed by atoms with Crippen molar-refractivity contribution in [2.24, 2.45) is 0 Å². The molecule has 0 unspecified atom stereocenters. The largest absolute Gasteiger partial charge is 0.456 e. The van der Waals surface area contributed by atoms with Gasteiger partial charge in [0.2, 0.25) is 5.71 Å². The first-order valence-corrected chi connectivity index (χ1v) is 16.5. The van der Waals surface area contributed by atoms with E-state index in [4.69, 9.17) is 18.8 Å². The Balaban J connectivity index is 1.32. The van der Waals surface area contributed by atoms with Gasteiger partial charge in [0.15, 0.2) is 5.82 Å². The number of hydrogen-bond acceptors (Lipinski definition) is 4. The van der Waals surface area contributed by atoms with Crippen molar-refractivity contribution in [1.82, 2.24) is 14.5 Å². The van der Waals surface area contributed by atoms with Crippen LogP contribution in [0.3, 0.4) is 0 Å². The van der Waals surface area contributed by atoms with Crippen LogP contribution in [0, 0.1) is 0 Å². The highest BCUT2D eigenvalue weighted by atomic mass is 16.3. The van der Waals surface area contributed by atoms with E-state index in [1.807, 2.05) is 18.2 Å². The maximum Gasteiger partial charge on any atom is 0.248 e. The molecule has 12 aromatic rings. The Bertz CT molecular complexity index is 3340. The molecule has 0 amide bonds. The summed E-state index contributed by atoms with van der Waals surface area (Å²) in [5, 5.41) is 12.6. The molecule has 226 valence electrons. The van der Waals surface area contributed by atoms with Crippen molar-refractivity contribution in [2.75, 3.05) is 0 Å². The molecule has 0 atom stereocenters. The quantitative estimate of drug-likeness (QED) is 0.192. The fraction of sp³-hybridized carbons (Fsp3) is 0. The van der Waals surface area contributed by atoms with E-state index in [1.54, 1.807) is 0 Å². The van der Waals surface area contributed by atoms with Crippen LogP contribution < -0.4 is 0 Å². The molecule has 0 radical (unpaired) electrons. The molecule has 0 N–H and O–H groups in total. The predicted molar refractivity (Wildman–Crippen MR) is 200 cm³/mol. The molecule has 12 rings (SSSR count). The maximum atomic E-state index is 6.58. The SMILES string of the molecule is c1ccc2cc(-c3nc4c(nc3-n3c5cccc6c7ccccc7c7cccc8oc9ccc3c(c9c87)c65)oc3ccccc34)ccc2c1. The second kappa shape index (κ2) is 9.00. The molecule has 0 aliphatic carbocycles. The molecule has 0 fully saturated rings. The van der Waals surface area contributed by atoms with Crippen LogP contribution in [0.25, 0.3) is 115 Å². The first kappa shape index (κ1) is 25.4. The maximum absolute atomic E-state index is 6.58. The summed E-state index contributed by atoms with van der Waals surface area (Å²) in [6.07, 6.45) is 0. The van der Waals surface area contributed by atoms with Gasteiger partial charge in [-0.1, -0.05) is 97.1 Å². The third-order valence-electron chi connectivity index (χ3n) is 10.4. The van der Waals surface area contributed by atoms with Gasteiger partial charge >= 0.3 is 0 Å². The predicted octanol–water partition coefficient (Wildman–Crippen LogP) is 11.9. The normalized spacial score (nSPS) is 12.5. The van der Waals surface area contributed by atoms with Gasteiger partial charge in [-0.15, -0.1) is 0 Å². The average molecular weight is 626 g/mol. The van der Waals surface area contributed by atoms with Crippen molar-refractivity contribution in [3.63, 3.8) is 0 Å². The van der Waals surface area contributed by atoms with Gasteiger partial charge in [-0.3, -0.25) is 4.57 Å². The van der Waals surface area contributed by atoms with E-state index < -0.39 is 0 Å². The summed E-state index contributed by atoms with van der Waals surface area (Å²) < 4.78 is 15.3. The summed E-state index contributed by atoms with van der Waals surface area (Å²) in [6.45, 7) is 0. The Hall–Kier alpha value is -6.72. The van der Waals surface area contributed by atoms with Crippen LogP contribution in [0.1, 0.15) is 0 Å². The fourth-order valence-electron chi connectivity index (χ4n) is 8.29. The molecule has 0 saturated heterocycles. The number of aromatic nitrogens is 3. The van der Waals surface area contributed by atoms with Gasteiger partial charge in [0, 0.05) is 32.5 Å². The van der Waals surface area contributed by atoms with Crippen molar-refractivity contribution in [3.8, 4) is 17.1 Å². The Morgan fingerprint density at radius 2 is 1.10 bits per heavy atom. The number of benzene rings is 7. The second-order valence-corrected chi connectivity index (χ2v) is 12.9. The smallest absolute Gasteiger partial charge is 0.248 e. The van der Waals surface area contributed by atoms with Gasteiger partial charge in [0.1, 0.15) is 28.0 Å². The van der Waals surface area contributed by atoms with Crippen LogP contribution in [-0.2, 0) is 0 Å². The zero-order valence-corrected chi connectivity index (χ0v) is 25.9. The molecule has 0 bridgehead atoms. The topological polar surface area (TPSA) is 57.0 Å². The number of hydrogen-bond donors (Lipinski definition) is 0. The monoisotopic (exact) mass is 625 g/mol. The molecule has 0 spiro atoms. The van der Waals surface area contributed by atoms with Crippen LogP contribution in [0.5, 0.6) is 0 Å². The number of para-hydroxylation sites is 1. The summed E-state index contributed by atoms with van der Waals surface area (Å²) in [4.78, 5) is 10.8. The third kappa shape index (κ3) is 3.24. The molecule has 8 aromatic carbocycles. The van der Waals surface area contributed by atoms with Crippen LogP contribution in [0.2, 0.25) is 0 Å². The highest BCUT2D eigenvalue weighted by molar-refractivity contribution is 6.38. The van der Waals surface area contributed by atoms with Crippen molar-refractivity contribution >= 4 is 98.3 Å². The number of rotatable bonds is 2. The number of nitrogens with zero attached hydrogens (tertiary/aromatic N) is 3. The van der Waals surface area contributed by atoms with Crippen LogP contribution in [0.15, 0.2) is 148 Å². The van der Waals surface area contributed by atoms with E-state index in [0.29, 0.717) is 5.71 Å². The lowest BCUT2D eigenvalue weighted by atomic mass is 9.95. The minimum Gasteiger partial charge on any atom is -0.456 e. The molecular formula is C44H23N3O2. The standard InChI is InChI=1S/C44H23N3O2/c1-2-10-25-23-26(20-19-24(25)9-1)41-43(46-44-42(45-41)31-13-5-6-17-34(31)49-44)47-32-16-7-14-29-27-11-3-4-12-28(27)30-15-8-18-35-38(30)40-36(48-35)22-21-33(47)39(40)37(29)32/h1-23H. The molecule has 4 aromatic heterocycles. The summed E-state index contributed by atoms with van der Waals surface area (Å²) in [6, 6.07) is 49.0. The minimum atomic E-state index is 0.513. The second-order valence-electron chi connectivity index (χ2n) is 12.9. The lowest BCUT2D eigenvalue weighted by Gasteiger charge is -2.13. The Morgan fingerprint density at radius 1 is 0.429 bits per heavy atom. The summed E-state index contributed by atoms with van der Waals surface area (Å²) >= 11 is 0. The number of furan rings is 2. The molecule has 49 heavy (non-hydrogen) atoms. The summed E-state index contributed by atoms with van der Waals surface area (Å²) in [7, 11) is 0. The van der Waals surface area contributed by atoms with E-state index >= 15 is 0 Å². The highest BCUT2D eigenvalue weighted by Gasteiger charge is 2.26. The Morgan fingerprint density at radius 3 is 1.98 bits per heavy atom. The van der Waals surface area contributed by atoms with Crippen molar-refractivity contribution in [2.45, 2.75) is 0 Å².